The summed E-state index contributed by atoms with van der Waals surface area (Å²) in [5.41, 5.74) is 3.49. The van der Waals surface area contributed by atoms with Crippen LogP contribution < -0.4 is 4.90 Å². The number of aryl methyl sites for hydroxylation is 1. The second-order valence-corrected chi connectivity index (χ2v) is 7.39. The molecule has 1 aliphatic rings. The van der Waals surface area contributed by atoms with Crippen molar-refractivity contribution >= 4 is 11.6 Å². The summed E-state index contributed by atoms with van der Waals surface area (Å²) in [6, 6.07) is 15.8. The van der Waals surface area contributed by atoms with Gasteiger partial charge in [0.25, 0.3) is 0 Å². The number of carbonyl (C=O) groups excluding carboxylic acids is 1. The molecule has 0 aromatic heterocycles. The summed E-state index contributed by atoms with van der Waals surface area (Å²) < 4.78 is 0. The third-order valence-electron chi connectivity index (χ3n) is 5.12. The quantitative estimate of drug-likeness (QED) is 0.853. The van der Waals surface area contributed by atoms with Crippen molar-refractivity contribution in [2.45, 2.75) is 19.4 Å². The Kier molecular flexibility index (Phi) is 6.35. The maximum atomic E-state index is 12.5. The molecule has 5 heteroatoms. The Morgan fingerprint density at radius 3 is 2.33 bits per heavy atom. The summed E-state index contributed by atoms with van der Waals surface area (Å²) in [4.78, 5) is 18.9. The summed E-state index contributed by atoms with van der Waals surface area (Å²) in [5.74, 6) is 0.545. The number of benzene rings is 2. The number of phenols is 1. The highest BCUT2D eigenvalue weighted by Gasteiger charge is 2.20. The molecule has 1 N–H and O–H groups in total. The molecule has 144 valence electrons. The summed E-state index contributed by atoms with van der Waals surface area (Å²) in [6.07, 6.45) is 1.35. The molecule has 2 aromatic rings. The summed E-state index contributed by atoms with van der Waals surface area (Å²) in [7, 11) is 4.05. The summed E-state index contributed by atoms with van der Waals surface area (Å²) in [6.45, 7) is 4.11. The van der Waals surface area contributed by atoms with Crippen LogP contribution in [0.25, 0.3) is 0 Å². The molecule has 0 aliphatic carbocycles. The average Bonchev–Trinajstić information content (AvgIpc) is 2.67. The molecule has 2 aromatic carbocycles. The molecule has 0 unspecified atom stereocenters. The van der Waals surface area contributed by atoms with E-state index in [1.54, 1.807) is 12.1 Å². The number of carbonyl (C=O) groups is 1. The fraction of sp³-hybridized carbons (Fsp3) is 0.409. The lowest BCUT2D eigenvalue weighted by molar-refractivity contribution is -0.133. The smallest absolute Gasteiger partial charge is 0.222 e. The molecular formula is C22H29N3O2. The van der Waals surface area contributed by atoms with Gasteiger partial charge < -0.3 is 14.9 Å². The van der Waals surface area contributed by atoms with Gasteiger partial charge in [-0.05, 0) is 41.8 Å². The molecule has 0 saturated carbocycles. The Morgan fingerprint density at radius 2 is 1.70 bits per heavy atom. The lowest BCUT2D eigenvalue weighted by Gasteiger charge is -2.34. The molecular weight excluding hydrogens is 338 g/mol. The number of aromatic hydroxyl groups is 1. The van der Waals surface area contributed by atoms with Crippen LogP contribution in [0.2, 0.25) is 0 Å². The van der Waals surface area contributed by atoms with Gasteiger partial charge in [0.05, 0.1) is 0 Å². The molecule has 27 heavy (non-hydrogen) atoms. The van der Waals surface area contributed by atoms with Crippen molar-refractivity contribution in [1.82, 2.24) is 9.80 Å². The van der Waals surface area contributed by atoms with Crippen LogP contribution in [0.1, 0.15) is 17.5 Å². The molecule has 0 atom stereocenters. The minimum Gasteiger partial charge on any atom is -0.508 e. The summed E-state index contributed by atoms with van der Waals surface area (Å²) >= 11 is 0. The minimum atomic E-state index is 0.240. The monoisotopic (exact) mass is 367 g/mol. The molecule has 1 amide bonds. The number of piperazine rings is 1. The normalized spacial score (nSPS) is 15.0. The van der Waals surface area contributed by atoms with E-state index in [1.165, 1.54) is 11.3 Å². The van der Waals surface area contributed by atoms with Crippen LogP contribution >= 0.6 is 0 Å². The predicted octanol–water partition coefficient (Wildman–Crippen LogP) is 2.74. The Bertz CT molecular complexity index is 750. The minimum absolute atomic E-state index is 0.240. The second kappa shape index (κ2) is 8.91. The lowest BCUT2D eigenvalue weighted by Crippen LogP contribution is -2.48. The molecule has 3 rings (SSSR count). The van der Waals surface area contributed by atoms with Gasteiger partial charge in [0, 0.05) is 58.9 Å². The Balaban J connectivity index is 1.43. The van der Waals surface area contributed by atoms with Crippen LogP contribution in [0.5, 0.6) is 5.75 Å². The SMILES string of the molecule is CN(C)c1ccc(CCC(=O)N2CCN(Cc3cccc(O)c3)CC2)cc1. The van der Waals surface area contributed by atoms with Crippen molar-refractivity contribution in [2.24, 2.45) is 0 Å². The van der Waals surface area contributed by atoms with E-state index in [4.69, 9.17) is 0 Å². The molecule has 5 nitrogen and oxygen atoms in total. The maximum absolute atomic E-state index is 12.5. The first-order valence-electron chi connectivity index (χ1n) is 9.55. The van der Waals surface area contributed by atoms with Crippen LogP contribution in [0.4, 0.5) is 5.69 Å². The van der Waals surface area contributed by atoms with Gasteiger partial charge in [0.1, 0.15) is 5.75 Å². The Morgan fingerprint density at radius 1 is 1.00 bits per heavy atom. The van der Waals surface area contributed by atoms with E-state index in [0.717, 1.165) is 44.7 Å². The van der Waals surface area contributed by atoms with Gasteiger partial charge in [0.15, 0.2) is 0 Å². The first-order chi connectivity index (χ1) is 13.0. The van der Waals surface area contributed by atoms with E-state index in [9.17, 15) is 9.90 Å². The van der Waals surface area contributed by atoms with Crippen LogP contribution in [-0.4, -0.2) is 61.1 Å². The van der Waals surface area contributed by atoms with Gasteiger partial charge in [-0.25, -0.2) is 0 Å². The number of hydrogen-bond acceptors (Lipinski definition) is 4. The van der Waals surface area contributed by atoms with Crippen LogP contribution in [-0.2, 0) is 17.8 Å². The average molecular weight is 367 g/mol. The van der Waals surface area contributed by atoms with Crippen LogP contribution in [0.15, 0.2) is 48.5 Å². The number of nitrogens with zero attached hydrogens (tertiary/aromatic N) is 3. The second-order valence-electron chi connectivity index (χ2n) is 7.39. The molecule has 0 spiro atoms. The van der Waals surface area contributed by atoms with Crippen LogP contribution in [0, 0.1) is 0 Å². The fourth-order valence-electron chi connectivity index (χ4n) is 3.44. The lowest BCUT2D eigenvalue weighted by atomic mass is 10.1. The van der Waals surface area contributed by atoms with E-state index in [-0.39, 0.29) is 5.91 Å². The van der Waals surface area contributed by atoms with E-state index < -0.39 is 0 Å². The highest BCUT2D eigenvalue weighted by Crippen LogP contribution is 2.16. The Labute approximate surface area is 161 Å². The van der Waals surface area contributed by atoms with E-state index in [1.807, 2.05) is 31.1 Å². The van der Waals surface area contributed by atoms with E-state index in [2.05, 4.69) is 34.1 Å². The fourth-order valence-corrected chi connectivity index (χ4v) is 3.44. The molecule has 1 fully saturated rings. The third-order valence-corrected chi connectivity index (χ3v) is 5.12. The molecule has 1 aliphatic heterocycles. The van der Waals surface area contributed by atoms with Gasteiger partial charge in [-0.1, -0.05) is 24.3 Å². The van der Waals surface area contributed by atoms with Crippen molar-refractivity contribution < 1.29 is 9.90 Å². The number of amides is 1. The number of anilines is 1. The van der Waals surface area contributed by atoms with Crippen molar-refractivity contribution in [3.63, 3.8) is 0 Å². The number of hydrogen-bond donors (Lipinski definition) is 1. The van der Waals surface area contributed by atoms with E-state index in [0.29, 0.717) is 12.2 Å². The third kappa shape index (κ3) is 5.47. The standard InChI is InChI=1S/C22H29N3O2/c1-23(2)20-9-6-18(7-10-20)8-11-22(27)25-14-12-24(13-15-25)17-19-4-3-5-21(26)16-19/h3-7,9-10,16,26H,8,11-15,17H2,1-2H3. The Hall–Kier alpha value is -2.53. The zero-order chi connectivity index (χ0) is 19.2. The van der Waals surface area contributed by atoms with Crippen LogP contribution in [0.3, 0.4) is 0 Å². The topological polar surface area (TPSA) is 47.0 Å². The summed E-state index contributed by atoms with van der Waals surface area (Å²) in [5, 5.41) is 9.58. The van der Waals surface area contributed by atoms with Gasteiger partial charge in [-0.15, -0.1) is 0 Å². The predicted molar refractivity (Wildman–Crippen MR) is 109 cm³/mol. The number of phenolic OH excluding ortho intramolecular Hbond substituents is 1. The van der Waals surface area contributed by atoms with Gasteiger partial charge in [-0.2, -0.15) is 0 Å². The van der Waals surface area contributed by atoms with Crippen molar-refractivity contribution in [3.8, 4) is 5.75 Å². The van der Waals surface area contributed by atoms with E-state index >= 15 is 0 Å². The molecule has 1 saturated heterocycles. The molecule has 0 radical (unpaired) electrons. The van der Waals surface area contributed by atoms with Gasteiger partial charge in [0.2, 0.25) is 5.91 Å². The first kappa shape index (κ1) is 19.2. The van der Waals surface area contributed by atoms with Gasteiger partial charge in [-0.3, -0.25) is 9.69 Å². The molecule has 1 heterocycles. The maximum Gasteiger partial charge on any atom is 0.222 e. The zero-order valence-corrected chi connectivity index (χ0v) is 16.3. The first-order valence-corrected chi connectivity index (χ1v) is 9.55. The zero-order valence-electron chi connectivity index (χ0n) is 16.3. The highest BCUT2D eigenvalue weighted by atomic mass is 16.3. The number of rotatable bonds is 6. The highest BCUT2D eigenvalue weighted by molar-refractivity contribution is 5.76. The van der Waals surface area contributed by atoms with Crippen molar-refractivity contribution in [3.05, 3.63) is 59.7 Å². The molecule has 0 bridgehead atoms. The van der Waals surface area contributed by atoms with Crippen molar-refractivity contribution in [1.29, 1.82) is 0 Å². The van der Waals surface area contributed by atoms with Crippen molar-refractivity contribution in [2.75, 3.05) is 45.2 Å². The largest absolute Gasteiger partial charge is 0.508 e. The van der Waals surface area contributed by atoms with Gasteiger partial charge >= 0.3 is 0 Å².